The van der Waals surface area contributed by atoms with Gasteiger partial charge in [0.05, 0.1) is 6.42 Å². The number of esters is 1. The summed E-state index contributed by atoms with van der Waals surface area (Å²) in [7, 11) is 0. The maximum absolute atomic E-state index is 11.6. The van der Waals surface area contributed by atoms with Crippen molar-refractivity contribution in [3.05, 3.63) is 34.9 Å². The molecule has 0 saturated carbocycles. The average Bonchev–Trinajstić information content (AvgIpc) is 2.21. The molecule has 0 aliphatic rings. The molecule has 2 nitrogen and oxygen atoms in total. The molecule has 0 unspecified atom stereocenters. The number of rotatable bonds is 4. The highest BCUT2D eigenvalue weighted by Gasteiger charge is 2.20. The summed E-state index contributed by atoms with van der Waals surface area (Å²) in [6.07, 6.45) is 1.10. The lowest BCUT2D eigenvalue weighted by atomic mass is 10.1. The molecule has 0 atom stereocenters. The van der Waals surface area contributed by atoms with Crippen molar-refractivity contribution >= 4 is 17.6 Å². The number of hydrogen-bond donors (Lipinski definition) is 0. The van der Waals surface area contributed by atoms with E-state index in [-0.39, 0.29) is 11.6 Å². The van der Waals surface area contributed by atoms with Gasteiger partial charge in [0.15, 0.2) is 0 Å². The summed E-state index contributed by atoms with van der Waals surface area (Å²) in [5, 5.41) is 0.672. The number of benzene rings is 1. The van der Waals surface area contributed by atoms with Gasteiger partial charge >= 0.3 is 5.97 Å². The molecule has 88 valence electrons. The fourth-order valence-electron chi connectivity index (χ4n) is 1.19. The molecule has 0 fully saturated rings. The Labute approximate surface area is 102 Å². The van der Waals surface area contributed by atoms with Gasteiger partial charge in [-0.25, -0.2) is 0 Å². The van der Waals surface area contributed by atoms with E-state index in [2.05, 4.69) is 0 Å². The zero-order chi connectivity index (χ0) is 12.2. The number of ether oxygens (including phenoxy) is 1. The smallest absolute Gasteiger partial charge is 0.310 e. The summed E-state index contributed by atoms with van der Waals surface area (Å²) in [6.45, 7) is 5.81. The van der Waals surface area contributed by atoms with Gasteiger partial charge < -0.3 is 4.74 Å². The van der Waals surface area contributed by atoms with Gasteiger partial charge in [0, 0.05) is 5.02 Å². The molecule has 0 bridgehead atoms. The molecule has 0 aromatic heterocycles. The Bertz CT molecular complexity index is 355. The van der Waals surface area contributed by atoms with Crippen molar-refractivity contribution in [2.75, 3.05) is 0 Å². The molecule has 1 aromatic carbocycles. The Morgan fingerprint density at radius 2 is 1.88 bits per heavy atom. The van der Waals surface area contributed by atoms with Gasteiger partial charge in [-0.3, -0.25) is 4.79 Å². The van der Waals surface area contributed by atoms with Crippen LogP contribution in [0.1, 0.15) is 32.8 Å². The van der Waals surface area contributed by atoms with E-state index >= 15 is 0 Å². The predicted molar refractivity (Wildman–Crippen MR) is 65.6 cm³/mol. The van der Waals surface area contributed by atoms with Crippen LogP contribution in [0.4, 0.5) is 0 Å². The molecule has 0 N–H and O–H groups in total. The second kappa shape index (κ2) is 5.35. The third-order valence-corrected chi connectivity index (χ3v) is 2.76. The predicted octanol–water partition coefficient (Wildman–Crippen LogP) is 3.61. The van der Waals surface area contributed by atoms with Crippen LogP contribution in [0.2, 0.25) is 5.02 Å². The average molecular weight is 241 g/mol. The zero-order valence-electron chi connectivity index (χ0n) is 9.92. The van der Waals surface area contributed by atoms with Crippen LogP contribution in [0, 0.1) is 0 Å². The Morgan fingerprint density at radius 3 is 2.38 bits per heavy atom. The lowest BCUT2D eigenvalue weighted by Crippen LogP contribution is -2.27. The van der Waals surface area contributed by atoms with E-state index < -0.39 is 0 Å². The molecule has 3 heteroatoms. The van der Waals surface area contributed by atoms with Gasteiger partial charge in [-0.05, 0) is 38.0 Å². The van der Waals surface area contributed by atoms with Gasteiger partial charge in [-0.2, -0.15) is 0 Å². The fraction of sp³-hybridized carbons (Fsp3) is 0.462. The number of hydrogen-bond acceptors (Lipinski definition) is 2. The molecule has 1 rings (SSSR count). The molecule has 0 aliphatic heterocycles. The number of carbonyl (C=O) groups is 1. The third-order valence-electron chi connectivity index (χ3n) is 2.50. The summed E-state index contributed by atoms with van der Waals surface area (Å²) in [4.78, 5) is 11.6. The van der Waals surface area contributed by atoms with Crippen molar-refractivity contribution in [2.24, 2.45) is 0 Å². The topological polar surface area (TPSA) is 26.3 Å². The minimum atomic E-state index is -0.385. The van der Waals surface area contributed by atoms with E-state index in [0.29, 0.717) is 11.4 Å². The second-order valence-corrected chi connectivity index (χ2v) is 4.83. The standard InChI is InChI=1S/C13H17ClO2/c1-4-13(2,3)16-12(15)9-10-5-7-11(14)8-6-10/h5-8H,4,9H2,1-3H3. The van der Waals surface area contributed by atoms with Crippen LogP contribution in [0.25, 0.3) is 0 Å². The molecule has 0 saturated heterocycles. The van der Waals surface area contributed by atoms with Crippen LogP contribution < -0.4 is 0 Å². The van der Waals surface area contributed by atoms with Crippen molar-refractivity contribution in [1.82, 2.24) is 0 Å². The first kappa shape index (κ1) is 13.0. The second-order valence-electron chi connectivity index (χ2n) is 4.39. The van der Waals surface area contributed by atoms with Gasteiger partial charge in [-0.1, -0.05) is 30.7 Å². The summed E-state index contributed by atoms with van der Waals surface area (Å²) >= 11 is 5.76. The van der Waals surface area contributed by atoms with Gasteiger partial charge in [-0.15, -0.1) is 0 Å². The van der Waals surface area contributed by atoms with Crippen molar-refractivity contribution in [3.63, 3.8) is 0 Å². The van der Waals surface area contributed by atoms with Crippen molar-refractivity contribution in [3.8, 4) is 0 Å². The zero-order valence-corrected chi connectivity index (χ0v) is 10.7. The lowest BCUT2D eigenvalue weighted by Gasteiger charge is -2.23. The number of carbonyl (C=O) groups excluding carboxylic acids is 1. The summed E-state index contributed by atoms with van der Waals surface area (Å²) in [5.41, 5.74) is 0.532. The first-order valence-electron chi connectivity index (χ1n) is 5.39. The van der Waals surface area contributed by atoms with Crippen molar-refractivity contribution in [2.45, 2.75) is 39.2 Å². The monoisotopic (exact) mass is 240 g/mol. The quantitative estimate of drug-likeness (QED) is 0.752. The highest BCUT2D eigenvalue weighted by Crippen LogP contribution is 2.16. The maximum atomic E-state index is 11.6. The molecule has 0 heterocycles. The van der Waals surface area contributed by atoms with Gasteiger partial charge in [0.25, 0.3) is 0 Å². The Morgan fingerprint density at radius 1 is 1.31 bits per heavy atom. The molecule has 1 aromatic rings. The van der Waals surface area contributed by atoms with E-state index in [0.717, 1.165) is 12.0 Å². The molecule has 0 radical (unpaired) electrons. The van der Waals surface area contributed by atoms with E-state index in [1.54, 1.807) is 12.1 Å². The summed E-state index contributed by atoms with van der Waals surface area (Å²) in [6, 6.07) is 7.22. The third kappa shape index (κ3) is 4.23. The minimum absolute atomic E-state index is 0.200. The van der Waals surface area contributed by atoms with E-state index in [9.17, 15) is 4.79 Å². The minimum Gasteiger partial charge on any atom is -0.459 e. The SMILES string of the molecule is CCC(C)(C)OC(=O)Cc1ccc(Cl)cc1. The van der Waals surface area contributed by atoms with Crippen LogP contribution in [0.15, 0.2) is 24.3 Å². The Hall–Kier alpha value is -1.02. The first-order chi connectivity index (χ1) is 7.43. The normalized spacial score (nSPS) is 11.2. The molecule has 0 aliphatic carbocycles. The lowest BCUT2D eigenvalue weighted by molar-refractivity contribution is -0.155. The van der Waals surface area contributed by atoms with E-state index in [1.165, 1.54) is 0 Å². The van der Waals surface area contributed by atoms with Crippen LogP contribution in [-0.4, -0.2) is 11.6 Å². The van der Waals surface area contributed by atoms with Crippen molar-refractivity contribution < 1.29 is 9.53 Å². The summed E-state index contributed by atoms with van der Waals surface area (Å²) < 4.78 is 5.35. The van der Waals surface area contributed by atoms with Gasteiger partial charge in [0.1, 0.15) is 5.60 Å². The summed E-state index contributed by atoms with van der Waals surface area (Å²) in [5.74, 6) is -0.200. The molecule has 0 amide bonds. The fourth-order valence-corrected chi connectivity index (χ4v) is 1.31. The maximum Gasteiger partial charge on any atom is 0.310 e. The Kier molecular flexibility index (Phi) is 4.36. The van der Waals surface area contributed by atoms with Crippen LogP contribution in [-0.2, 0) is 16.0 Å². The largest absolute Gasteiger partial charge is 0.459 e. The highest BCUT2D eigenvalue weighted by atomic mass is 35.5. The molecular formula is C13H17ClO2. The van der Waals surface area contributed by atoms with Crippen LogP contribution in [0.5, 0.6) is 0 Å². The molecule has 0 spiro atoms. The molecule has 16 heavy (non-hydrogen) atoms. The van der Waals surface area contributed by atoms with Gasteiger partial charge in [0.2, 0.25) is 0 Å². The van der Waals surface area contributed by atoms with E-state index in [4.69, 9.17) is 16.3 Å². The van der Waals surface area contributed by atoms with Crippen LogP contribution >= 0.6 is 11.6 Å². The Balaban J connectivity index is 2.55. The van der Waals surface area contributed by atoms with E-state index in [1.807, 2.05) is 32.9 Å². The van der Waals surface area contributed by atoms with Crippen molar-refractivity contribution in [1.29, 1.82) is 0 Å². The highest BCUT2D eigenvalue weighted by molar-refractivity contribution is 6.30. The molecular weight excluding hydrogens is 224 g/mol. The first-order valence-corrected chi connectivity index (χ1v) is 5.77. The number of halogens is 1. The van der Waals surface area contributed by atoms with Crippen LogP contribution in [0.3, 0.4) is 0 Å².